The molecule has 30 heavy (non-hydrogen) atoms. The fourth-order valence-electron chi connectivity index (χ4n) is 5.47. The van der Waals surface area contributed by atoms with Crippen molar-refractivity contribution < 1.29 is 4.74 Å². The van der Waals surface area contributed by atoms with Gasteiger partial charge in [-0.15, -0.1) is 6.42 Å². The quantitative estimate of drug-likeness (QED) is 0.396. The lowest BCUT2D eigenvalue weighted by atomic mass is 9.71. The van der Waals surface area contributed by atoms with Gasteiger partial charge >= 0.3 is 0 Å². The molecule has 0 amide bonds. The molecule has 0 saturated heterocycles. The minimum Gasteiger partial charge on any atom is -0.361 e. The molecule has 0 radical (unpaired) electrons. The highest BCUT2D eigenvalue weighted by molar-refractivity contribution is 5.85. The fraction of sp³-hybridized carbons (Fsp3) is 0.379. The summed E-state index contributed by atoms with van der Waals surface area (Å²) in [6.07, 6.45) is 9.98. The van der Waals surface area contributed by atoms with Gasteiger partial charge in [-0.2, -0.15) is 0 Å². The Labute approximate surface area is 180 Å². The normalized spacial score (nSPS) is 23.5. The Hall–Kier alpha value is -2.56. The first-order chi connectivity index (χ1) is 14.4. The van der Waals surface area contributed by atoms with Gasteiger partial charge in [0.2, 0.25) is 0 Å². The van der Waals surface area contributed by atoms with E-state index >= 15 is 0 Å². The van der Waals surface area contributed by atoms with Gasteiger partial charge in [-0.05, 0) is 75.8 Å². The van der Waals surface area contributed by atoms with Gasteiger partial charge < -0.3 is 4.74 Å². The van der Waals surface area contributed by atoms with Crippen molar-refractivity contribution in [2.45, 2.75) is 70.0 Å². The molecule has 2 atom stereocenters. The highest BCUT2D eigenvalue weighted by atomic mass is 16.5. The molecule has 1 nitrogen and oxygen atoms in total. The van der Waals surface area contributed by atoms with Crippen LogP contribution in [-0.4, -0.2) is 6.10 Å². The van der Waals surface area contributed by atoms with E-state index in [1.807, 2.05) is 0 Å². The summed E-state index contributed by atoms with van der Waals surface area (Å²) < 4.78 is 6.27. The zero-order valence-electron chi connectivity index (χ0n) is 18.3. The van der Waals surface area contributed by atoms with Crippen LogP contribution in [0.3, 0.4) is 0 Å². The second kappa shape index (κ2) is 7.00. The number of fused-ring (bicyclic) bond motifs is 4. The molecule has 2 unspecified atom stereocenters. The second-order valence-corrected chi connectivity index (χ2v) is 10.2. The molecule has 1 aliphatic carbocycles. The summed E-state index contributed by atoms with van der Waals surface area (Å²) in [7, 11) is 0. The highest BCUT2D eigenvalue weighted by Gasteiger charge is 2.41. The van der Waals surface area contributed by atoms with E-state index in [2.05, 4.69) is 81.3 Å². The molecule has 3 aromatic rings. The van der Waals surface area contributed by atoms with E-state index in [0.29, 0.717) is 6.61 Å². The number of terminal acetylenes is 1. The molecule has 0 fully saturated rings. The van der Waals surface area contributed by atoms with Crippen LogP contribution in [0.15, 0.2) is 54.6 Å². The zero-order chi connectivity index (χ0) is 20.9. The van der Waals surface area contributed by atoms with Crippen molar-refractivity contribution in [3.63, 3.8) is 0 Å². The molecule has 152 valence electrons. The zero-order valence-corrected chi connectivity index (χ0v) is 18.3. The molecule has 0 N–H and O–H groups in total. The van der Waals surface area contributed by atoms with Gasteiger partial charge in [0.25, 0.3) is 0 Å². The third-order valence-corrected chi connectivity index (χ3v) is 7.22. The summed E-state index contributed by atoms with van der Waals surface area (Å²) in [5, 5.41) is 2.61. The number of rotatable bonds is 0. The van der Waals surface area contributed by atoms with Crippen LogP contribution in [0.5, 0.6) is 0 Å². The fourth-order valence-corrected chi connectivity index (χ4v) is 5.47. The molecule has 1 heteroatoms. The van der Waals surface area contributed by atoms with Crippen molar-refractivity contribution in [2.75, 3.05) is 0 Å². The number of aryl methyl sites for hydroxylation is 1. The first-order valence-electron chi connectivity index (χ1n) is 11.1. The third-order valence-electron chi connectivity index (χ3n) is 7.22. The molecule has 0 bridgehead atoms. The smallest absolute Gasteiger partial charge is 0.119 e. The molecule has 2 aliphatic rings. The van der Waals surface area contributed by atoms with Crippen LogP contribution in [0.2, 0.25) is 0 Å². The van der Waals surface area contributed by atoms with Gasteiger partial charge in [0.1, 0.15) is 6.10 Å². The topological polar surface area (TPSA) is 9.23 Å². The van der Waals surface area contributed by atoms with Crippen LogP contribution in [0.25, 0.3) is 10.8 Å². The molecule has 3 aromatic carbocycles. The van der Waals surface area contributed by atoms with Crippen molar-refractivity contribution >= 4 is 10.8 Å². The molecule has 1 spiro atoms. The Balaban J connectivity index is 1.64. The first-order valence-corrected chi connectivity index (χ1v) is 11.1. The Bertz CT molecular complexity index is 1160. The monoisotopic (exact) mass is 394 g/mol. The Kier molecular flexibility index (Phi) is 4.53. The Morgan fingerprint density at radius 1 is 0.967 bits per heavy atom. The summed E-state index contributed by atoms with van der Waals surface area (Å²) in [6.45, 7) is 7.40. The molecular formula is C29H30O. The summed E-state index contributed by atoms with van der Waals surface area (Å²) >= 11 is 0. The van der Waals surface area contributed by atoms with Gasteiger partial charge in [0.05, 0.1) is 6.61 Å². The molecule has 5 rings (SSSR count). The van der Waals surface area contributed by atoms with Gasteiger partial charge in [0, 0.05) is 5.41 Å². The second-order valence-electron chi connectivity index (χ2n) is 10.2. The average Bonchev–Trinajstić information content (AvgIpc) is 3.07. The Morgan fingerprint density at radius 3 is 2.57 bits per heavy atom. The van der Waals surface area contributed by atoms with E-state index in [1.165, 1.54) is 38.6 Å². The summed E-state index contributed by atoms with van der Waals surface area (Å²) in [5.74, 6) is 2.93. The summed E-state index contributed by atoms with van der Waals surface area (Å²) in [5.41, 5.74) is 7.24. The van der Waals surface area contributed by atoms with Crippen LogP contribution in [0.4, 0.5) is 0 Å². The van der Waals surface area contributed by atoms with Gasteiger partial charge in [-0.3, -0.25) is 0 Å². The van der Waals surface area contributed by atoms with Crippen LogP contribution in [0, 0.1) is 12.3 Å². The van der Waals surface area contributed by atoms with E-state index in [-0.39, 0.29) is 16.9 Å². The van der Waals surface area contributed by atoms with Crippen molar-refractivity contribution in [2.24, 2.45) is 0 Å². The molecule has 1 aliphatic heterocycles. The van der Waals surface area contributed by atoms with Crippen LogP contribution >= 0.6 is 0 Å². The van der Waals surface area contributed by atoms with Crippen molar-refractivity contribution in [1.82, 2.24) is 0 Å². The lowest BCUT2D eigenvalue weighted by molar-refractivity contribution is 0.0494. The molecule has 1 heterocycles. The van der Waals surface area contributed by atoms with E-state index in [9.17, 15) is 0 Å². The molecule has 0 aromatic heterocycles. The van der Waals surface area contributed by atoms with Crippen LogP contribution < -0.4 is 0 Å². The van der Waals surface area contributed by atoms with Gasteiger partial charge in [-0.25, -0.2) is 0 Å². The predicted molar refractivity (Wildman–Crippen MR) is 125 cm³/mol. The number of hydrogen-bond donors (Lipinski definition) is 0. The van der Waals surface area contributed by atoms with E-state index in [1.54, 1.807) is 0 Å². The standard InChI is InChI=1S/C29H30O/c1-5-26-18-29(13-12-20-8-6-7-9-27(20)29)17-23-14-21-10-11-25(28(2,3)4)16-22(21)15-24(23)19-30-26/h1,6-11,14-16,26H,12-13,17-19H2,2-4H3. The van der Waals surface area contributed by atoms with Crippen molar-refractivity contribution in [3.8, 4) is 12.3 Å². The van der Waals surface area contributed by atoms with Crippen molar-refractivity contribution in [3.05, 3.63) is 82.4 Å². The van der Waals surface area contributed by atoms with Gasteiger partial charge in [-0.1, -0.05) is 75.2 Å². The maximum atomic E-state index is 6.27. The lowest BCUT2D eigenvalue weighted by Crippen LogP contribution is -2.34. The third kappa shape index (κ3) is 3.24. The van der Waals surface area contributed by atoms with E-state index in [0.717, 1.165) is 25.7 Å². The molecule has 0 saturated carbocycles. The number of hydrogen-bond acceptors (Lipinski definition) is 1. The first kappa shape index (κ1) is 19.4. The summed E-state index contributed by atoms with van der Waals surface area (Å²) in [4.78, 5) is 0. The maximum Gasteiger partial charge on any atom is 0.119 e. The number of benzene rings is 3. The molecular weight excluding hydrogens is 364 g/mol. The van der Waals surface area contributed by atoms with Gasteiger partial charge in [0.15, 0.2) is 0 Å². The maximum absolute atomic E-state index is 6.27. The minimum absolute atomic E-state index is 0.0713. The summed E-state index contributed by atoms with van der Waals surface area (Å²) in [6, 6.07) is 20.6. The number of ether oxygens (including phenoxy) is 1. The largest absolute Gasteiger partial charge is 0.361 e. The van der Waals surface area contributed by atoms with Crippen molar-refractivity contribution in [1.29, 1.82) is 0 Å². The van der Waals surface area contributed by atoms with Crippen LogP contribution in [-0.2, 0) is 35.0 Å². The SMILES string of the molecule is C#CC1CC2(CCc3ccccc32)Cc2cc3ccc(C(C)(C)C)cc3cc2CO1. The predicted octanol–water partition coefficient (Wildman–Crippen LogP) is 6.49. The average molecular weight is 395 g/mol. The van der Waals surface area contributed by atoms with Crippen LogP contribution in [0.1, 0.15) is 61.4 Å². The highest BCUT2D eigenvalue weighted by Crippen LogP contribution is 2.47. The Morgan fingerprint density at radius 2 is 1.77 bits per heavy atom. The van der Waals surface area contributed by atoms with E-state index in [4.69, 9.17) is 11.2 Å². The van der Waals surface area contributed by atoms with E-state index < -0.39 is 0 Å². The minimum atomic E-state index is -0.138. The lowest BCUT2D eigenvalue weighted by Gasteiger charge is -2.36.